The van der Waals surface area contributed by atoms with E-state index in [4.69, 9.17) is 16.6 Å². The number of rotatable bonds is 3. The third-order valence-electron chi connectivity index (χ3n) is 4.03. The number of thiazole rings is 1. The summed E-state index contributed by atoms with van der Waals surface area (Å²) < 4.78 is 1.81. The zero-order chi connectivity index (χ0) is 15.8. The Hall–Kier alpha value is -1.30. The van der Waals surface area contributed by atoms with Crippen LogP contribution in [0.2, 0.25) is 5.02 Å². The zero-order valence-electron chi connectivity index (χ0n) is 12.4. The van der Waals surface area contributed by atoms with Crippen molar-refractivity contribution in [2.24, 2.45) is 0 Å². The SMILES string of the molecule is O=c1cc(CSc2ccccc2Cl)nc2sc3c(n12)CCCC3. The van der Waals surface area contributed by atoms with E-state index in [1.165, 1.54) is 17.0 Å². The summed E-state index contributed by atoms with van der Waals surface area (Å²) in [7, 11) is 0. The highest BCUT2D eigenvalue weighted by Crippen LogP contribution is 2.31. The molecule has 23 heavy (non-hydrogen) atoms. The Kier molecular flexibility index (Phi) is 4.18. The van der Waals surface area contributed by atoms with E-state index < -0.39 is 0 Å². The predicted molar refractivity (Wildman–Crippen MR) is 97.0 cm³/mol. The van der Waals surface area contributed by atoms with Gasteiger partial charge in [0.1, 0.15) is 0 Å². The van der Waals surface area contributed by atoms with Crippen molar-refractivity contribution >= 4 is 39.7 Å². The average molecular weight is 363 g/mol. The first-order valence-electron chi connectivity index (χ1n) is 7.63. The van der Waals surface area contributed by atoms with E-state index in [0.717, 1.165) is 39.8 Å². The Morgan fingerprint density at radius 3 is 2.96 bits per heavy atom. The van der Waals surface area contributed by atoms with Gasteiger partial charge in [0.25, 0.3) is 5.56 Å². The van der Waals surface area contributed by atoms with Gasteiger partial charge in [0.2, 0.25) is 0 Å². The van der Waals surface area contributed by atoms with Gasteiger partial charge in [-0.2, -0.15) is 0 Å². The van der Waals surface area contributed by atoms with Gasteiger partial charge in [-0.15, -0.1) is 23.1 Å². The molecule has 2 aromatic heterocycles. The molecule has 3 aromatic rings. The van der Waals surface area contributed by atoms with Crippen LogP contribution in [0.25, 0.3) is 4.96 Å². The molecule has 1 aliphatic rings. The van der Waals surface area contributed by atoms with Crippen LogP contribution in [0, 0.1) is 0 Å². The Balaban J connectivity index is 1.66. The predicted octanol–water partition coefficient (Wildman–Crippen LogP) is 4.58. The van der Waals surface area contributed by atoms with Crippen molar-refractivity contribution in [2.45, 2.75) is 36.3 Å². The van der Waals surface area contributed by atoms with Crippen molar-refractivity contribution in [1.82, 2.24) is 9.38 Å². The third-order valence-corrected chi connectivity index (χ3v) is 6.72. The van der Waals surface area contributed by atoms with Crippen molar-refractivity contribution < 1.29 is 0 Å². The molecular formula is C17H15ClN2OS2. The molecule has 0 atom stereocenters. The molecule has 6 heteroatoms. The maximum Gasteiger partial charge on any atom is 0.259 e. The number of hydrogen-bond donors (Lipinski definition) is 0. The number of nitrogens with zero attached hydrogens (tertiary/aromatic N) is 2. The van der Waals surface area contributed by atoms with Gasteiger partial charge in [0.15, 0.2) is 4.96 Å². The third kappa shape index (κ3) is 2.93. The summed E-state index contributed by atoms with van der Waals surface area (Å²) in [6.45, 7) is 0. The fourth-order valence-corrected chi connectivity index (χ4v) is 5.29. The van der Waals surface area contributed by atoms with Gasteiger partial charge in [-0.3, -0.25) is 9.20 Å². The lowest BCUT2D eigenvalue weighted by atomic mass is 10.0. The lowest BCUT2D eigenvalue weighted by Crippen LogP contribution is -2.17. The normalized spacial score (nSPS) is 14.1. The molecule has 3 nitrogen and oxygen atoms in total. The second-order valence-corrected chi connectivity index (χ2v) is 8.09. The number of hydrogen-bond acceptors (Lipinski definition) is 4. The minimum absolute atomic E-state index is 0.0455. The van der Waals surface area contributed by atoms with Crippen molar-refractivity contribution in [2.75, 3.05) is 0 Å². The smallest absolute Gasteiger partial charge is 0.259 e. The Morgan fingerprint density at radius 2 is 2.09 bits per heavy atom. The van der Waals surface area contributed by atoms with Crippen LogP contribution in [0.15, 0.2) is 40.0 Å². The van der Waals surface area contributed by atoms with E-state index in [2.05, 4.69) is 0 Å². The van der Waals surface area contributed by atoms with Gasteiger partial charge in [0.05, 0.1) is 10.7 Å². The molecule has 0 saturated heterocycles. The molecule has 0 bridgehead atoms. The van der Waals surface area contributed by atoms with Gasteiger partial charge in [-0.25, -0.2) is 4.98 Å². The van der Waals surface area contributed by atoms with Crippen LogP contribution in [0.1, 0.15) is 29.1 Å². The van der Waals surface area contributed by atoms with E-state index >= 15 is 0 Å². The van der Waals surface area contributed by atoms with Gasteiger partial charge >= 0.3 is 0 Å². The minimum atomic E-state index is 0.0455. The Labute approximate surface area is 147 Å². The summed E-state index contributed by atoms with van der Waals surface area (Å²) in [5, 5.41) is 0.738. The zero-order valence-corrected chi connectivity index (χ0v) is 14.8. The van der Waals surface area contributed by atoms with E-state index in [9.17, 15) is 4.79 Å². The summed E-state index contributed by atoms with van der Waals surface area (Å²) in [4.78, 5) is 20.4. The fraction of sp³-hybridized carbons (Fsp3) is 0.294. The summed E-state index contributed by atoms with van der Waals surface area (Å²) in [6, 6.07) is 9.41. The number of aryl methyl sites for hydroxylation is 2. The highest BCUT2D eigenvalue weighted by Gasteiger charge is 2.18. The van der Waals surface area contributed by atoms with Crippen LogP contribution in [0.4, 0.5) is 0 Å². The summed E-state index contributed by atoms with van der Waals surface area (Å²) in [5.74, 6) is 0.651. The molecular weight excluding hydrogens is 348 g/mol. The first-order valence-corrected chi connectivity index (χ1v) is 9.81. The van der Waals surface area contributed by atoms with Gasteiger partial charge in [-0.1, -0.05) is 23.7 Å². The Morgan fingerprint density at radius 1 is 1.26 bits per heavy atom. The lowest BCUT2D eigenvalue weighted by molar-refractivity contribution is 0.670. The van der Waals surface area contributed by atoms with Crippen molar-refractivity contribution in [3.05, 3.63) is 62.0 Å². The van der Waals surface area contributed by atoms with Gasteiger partial charge in [-0.05, 0) is 37.8 Å². The van der Waals surface area contributed by atoms with E-state index in [-0.39, 0.29) is 5.56 Å². The number of thioether (sulfide) groups is 1. The second-order valence-electron chi connectivity index (χ2n) is 5.60. The number of fused-ring (bicyclic) bond motifs is 3. The molecule has 0 fully saturated rings. The molecule has 0 amide bonds. The van der Waals surface area contributed by atoms with Gasteiger partial charge < -0.3 is 0 Å². The monoisotopic (exact) mass is 362 g/mol. The molecule has 2 heterocycles. The van der Waals surface area contributed by atoms with Crippen LogP contribution >= 0.6 is 34.7 Å². The van der Waals surface area contributed by atoms with Crippen LogP contribution in [0.3, 0.4) is 0 Å². The Bertz CT molecular complexity index is 932. The molecule has 0 aliphatic heterocycles. The number of aromatic nitrogens is 2. The fourth-order valence-electron chi connectivity index (χ4n) is 2.93. The second kappa shape index (κ2) is 6.30. The van der Waals surface area contributed by atoms with Crippen LogP contribution in [0.5, 0.6) is 0 Å². The minimum Gasteiger partial charge on any atom is -0.269 e. The van der Waals surface area contributed by atoms with Crippen LogP contribution < -0.4 is 5.56 Å². The highest BCUT2D eigenvalue weighted by atomic mass is 35.5. The highest BCUT2D eigenvalue weighted by molar-refractivity contribution is 7.98. The standard InChI is InChI=1S/C17H15ClN2OS2/c18-12-5-1-3-7-14(12)22-10-11-9-16(21)20-13-6-2-4-8-15(13)23-17(20)19-11/h1,3,5,7,9H,2,4,6,8,10H2. The number of benzene rings is 1. The van der Waals surface area contributed by atoms with Crippen LogP contribution in [-0.4, -0.2) is 9.38 Å². The molecule has 0 N–H and O–H groups in total. The number of halogens is 1. The van der Waals surface area contributed by atoms with Crippen molar-refractivity contribution in [3.63, 3.8) is 0 Å². The maximum atomic E-state index is 12.5. The topological polar surface area (TPSA) is 34.4 Å². The molecule has 4 rings (SSSR count). The quantitative estimate of drug-likeness (QED) is 0.639. The molecule has 1 aliphatic carbocycles. The van der Waals surface area contributed by atoms with E-state index in [1.807, 2.05) is 28.7 Å². The summed E-state index contributed by atoms with van der Waals surface area (Å²) in [6.07, 6.45) is 4.44. The molecule has 0 spiro atoms. The lowest BCUT2D eigenvalue weighted by Gasteiger charge is -2.10. The molecule has 0 saturated carbocycles. The van der Waals surface area contributed by atoms with Crippen molar-refractivity contribution in [1.29, 1.82) is 0 Å². The maximum absolute atomic E-state index is 12.5. The van der Waals surface area contributed by atoms with E-state index in [0.29, 0.717) is 5.75 Å². The summed E-state index contributed by atoms with van der Waals surface area (Å²) >= 11 is 9.46. The van der Waals surface area contributed by atoms with Gasteiger partial charge in [0, 0.05) is 27.3 Å². The van der Waals surface area contributed by atoms with E-state index in [1.54, 1.807) is 29.2 Å². The molecule has 1 aromatic carbocycles. The molecule has 118 valence electrons. The molecule has 0 radical (unpaired) electrons. The largest absolute Gasteiger partial charge is 0.269 e. The summed E-state index contributed by atoms with van der Waals surface area (Å²) in [5.41, 5.74) is 2.04. The van der Waals surface area contributed by atoms with Crippen molar-refractivity contribution in [3.8, 4) is 0 Å². The first-order chi connectivity index (χ1) is 11.2. The average Bonchev–Trinajstić information content (AvgIpc) is 2.93. The first kappa shape index (κ1) is 15.2. The van der Waals surface area contributed by atoms with Crippen LogP contribution in [-0.2, 0) is 18.6 Å². The molecule has 0 unspecified atom stereocenters.